The minimum atomic E-state index is -2.64. The highest BCUT2D eigenvalue weighted by Crippen LogP contribution is 2.32. The number of hydrogen-bond acceptors (Lipinski definition) is 6. The number of benzene rings is 3. The minimum Gasteiger partial charge on any atom is -0.755 e. The second-order valence-electron chi connectivity index (χ2n) is 7.86. The number of halogens is 1. The Morgan fingerprint density at radius 2 is 1.63 bits per heavy atom. The first-order valence-electron chi connectivity index (χ1n) is 10.8. The van der Waals surface area contributed by atoms with Crippen molar-refractivity contribution in [1.82, 2.24) is 0 Å². The van der Waals surface area contributed by atoms with E-state index in [4.69, 9.17) is 16.3 Å². The van der Waals surface area contributed by atoms with Gasteiger partial charge in [-0.15, -0.1) is 0 Å². The molecular formula is C25H24ClN2O6S-. The monoisotopic (exact) mass is 515 g/mol. The van der Waals surface area contributed by atoms with Gasteiger partial charge in [0.15, 0.2) is 0 Å². The summed E-state index contributed by atoms with van der Waals surface area (Å²) >= 11 is 3.42. The molecule has 0 aliphatic carbocycles. The lowest BCUT2D eigenvalue weighted by Crippen LogP contribution is -2.31. The molecule has 3 unspecified atom stereocenters. The quantitative estimate of drug-likeness (QED) is 0.147. The van der Waals surface area contributed by atoms with Gasteiger partial charge in [0.25, 0.3) is 5.69 Å². The number of methoxy groups -OCH3 is 1. The summed E-state index contributed by atoms with van der Waals surface area (Å²) in [7, 11) is 1.34. The Bertz CT molecular complexity index is 1160. The molecule has 0 aliphatic heterocycles. The molecule has 0 aliphatic rings. The minimum absolute atomic E-state index is 0.0677. The molecule has 184 valence electrons. The van der Waals surface area contributed by atoms with Crippen LogP contribution >= 0.6 is 11.6 Å². The number of hydrogen-bond donors (Lipinski definition) is 0. The Kier molecular flexibility index (Phi) is 9.36. The van der Waals surface area contributed by atoms with E-state index in [-0.39, 0.29) is 24.1 Å². The number of anilines is 1. The van der Waals surface area contributed by atoms with E-state index in [1.54, 1.807) is 12.1 Å². The fourth-order valence-electron chi connectivity index (χ4n) is 3.91. The van der Waals surface area contributed by atoms with Crippen molar-refractivity contribution in [2.75, 3.05) is 18.0 Å². The smallest absolute Gasteiger partial charge is 0.313 e. The highest BCUT2D eigenvalue weighted by Gasteiger charge is 2.25. The molecule has 0 aromatic heterocycles. The zero-order valence-corrected chi connectivity index (χ0v) is 20.5. The fraction of sp³-hybridized carbons (Fsp3) is 0.240. The summed E-state index contributed by atoms with van der Waals surface area (Å²) in [6.45, 7) is 0.0677. The lowest BCUT2D eigenvalue weighted by molar-refractivity contribution is -0.384. The van der Waals surface area contributed by atoms with Crippen LogP contribution in [0.15, 0.2) is 78.9 Å². The summed E-state index contributed by atoms with van der Waals surface area (Å²) in [5.41, 5.74) is 1.83. The van der Waals surface area contributed by atoms with Crippen molar-refractivity contribution in [2.24, 2.45) is 0 Å². The van der Waals surface area contributed by atoms with Crippen LogP contribution in [-0.2, 0) is 20.8 Å². The molecule has 10 heteroatoms. The third-order valence-corrected chi connectivity index (χ3v) is 6.72. The van der Waals surface area contributed by atoms with Gasteiger partial charge in [0, 0.05) is 46.6 Å². The van der Waals surface area contributed by atoms with E-state index >= 15 is 0 Å². The Hall–Kier alpha value is -3.27. The highest BCUT2D eigenvalue weighted by atomic mass is 35.5. The summed E-state index contributed by atoms with van der Waals surface area (Å²) in [6, 6.07) is 21.7. The first-order chi connectivity index (χ1) is 16.8. The van der Waals surface area contributed by atoms with Gasteiger partial charge in [0.2, 0.25) is 0 Å². The second kappa shape index (κ2) is 12.4. The van der Waals surface area contributed by atoms with Gasteiger partial charge in [-0.05, 0) is 48.2 Å². The average Bonchev–Trinajstić information content (AvgIpc) is 2.87. The van der Waals surface area contributed by atoms with Crippen LogP contribution in [0.3, 0.4) is 0 Å². The van der Waals surface area contributed by atoms with Crippen molar-refractivity contribution in [3.63, 3.8) is 0 Å². The molecule has 3 aromatic carbocycles. The summed E-state index contributed by atoms with van der Waals surface area (Å²) in [6.07, 6.45) is 0.889. The molecule has 3 atom stereocenters. The number of carbonyl (C=O) groups is 1. The maximum absolute atomic E-state index is 12.5. The molecule has 0 radical (unpaired) electrons. The first-order valence-corrected chi connectivity index (χ1v) is 12.2. The maximum Gasteiger partial charge on any atom is 0.313 e. The van der Waals surface area contributed by atoms with E-state index in [9.17, 15) is 23.7 Å². The summed E-state index contributed by atoms with van der Waals surface area (Å²) in [4.78, 5) is 23.0. The molecular weight excluding hydrogens is 492 g/mol. The van der Waals surface area contributed by atoms with Crippen LogP contribution in [0.25, 0.3) is 0 Å². The summed E-state index contributed by atoms with van der Waals surface area (Å²) < 4.78 is 30.5. The number of carbonyl (C=O) groups excluding carboxylic acids is 1. The number of nitrogens with zero attached hydrogens (tertiary/aromatic N) is 2. The lowest BCUT2D eigenvalue weighted by atomic mass is 9.87. The van der Waals surface area contributed by atoms with Gasteiger partial charge in [-0.2, -0.15) is 0 Å². The van der Waals surface area contributed by atoms with Crippen LogP contribution in [-0.4, -0.2) is 33.3 Å². The van der Waals surface area contributed by atoms with Crippen molar-refractivity contribution in [3.05, 3.63) is 105 Å². The van der Waals surface area contributed by atoms with Crippen LogP contribution in [0.1, 0.15) is 35.8 Å². The van der Waals surface area contributed by atoms with Gasteiger partial charge in [-0.1, -0.05) is 54.1 Å². The molecule has 0 amide bonds. The first kappa shape index (κ1) is 26.3. The Morgan fingerprint density at radius 1 is 1.00 bits per heavy atom. The molecule has 8 nitrogen and oxygen atoms in total. The zero-order valence-electron chi connectivity index (χ0n) is 18.9. The largest absolute Gasteiger partial charge is 0.755 e. The van der Waals surface area contributed by atoms with Crippen LogP contribution < -0.4 is 4.31 Å². The molecule has 0 fully saturated rings. The van der Waals surface area contributed by atoms with Gasteiger partial charge < -0.3 is 13.6 Å². The average molecular weight is 516 g/mol. The molecule has 3 aromatic rings. The summed E-state index contributed by atoms with van der Waals surface area (Å²) in [5, 5.41) is 11.5. The maximum atomic E-state index is 12.5. The van der Waals surface area contributed by atoms with Crippen molar-refractivity contribution in [3.8, 4) is 0 Å². The number of esters is 1. The highest BCUT2D eigenvalue weighted by molar-refractivity contribution is 7.80. The predicted molar refractivity (Wildman–Crippen MR) is 134 cm³/mol. The number of nitro groups is 1. The van der Waals surface area contributed by atoms with Crippen LogP contribution in [0.4, 0.5) is 11.4 Å². The lowest BCUT2D eigenvalue weighted by Gasteiger charge is -2.31. The van der Waals surface area contributed by atoms with Gasteiger partial charge in [0.05, 0.1) is 18.0 Å². The third kappa shape index (κ3) is 7.11. The Labute approximate surface area is 211 Å². The van der Waals surface area contributed by atoms with E-state index in [1.807, 2.05) is 42.5 Å². The van der Waals surface area contributed by atoms with Gasteiger partial charge in [-0.3, -0.25) is 19.1 Å². The molecule has 0 heterocycles. The molecule has 35 heavy (non-hydrogen) atoms. The van der Waals surface area contributed by atoms with Crippen LogP contribution in [0, 0.1) is 10.1 Å². The van der Waals surface area contributed by atoms with Crippen LogP contribution in [0.5, 0.6) is 0 Å². The van der Waals surface area contributed by atoms with Gasteiger partial charge in [-0.25, -0.2) is 0 Å². The van der Waals surface area contributed by atoms with Crippen molar-refractivity contribution >= 4 is 40.2 Å². The number of rotatable bonds is 11. The van der Waals surface area contributed by atoms with Crippen LogP contribution in [0.2, 0.25) is 5.02 Å². The molecule has 0 bridgehead atoms. The summed E-state index contributed by atoms with van der Waals surface area (Å²) in [5.74, 6) is -1.18. The van der Waals surface area contributed by atoms with Crippen molar-refractivity contribution in [1.29, 1.82) is 0 Å². The molecule has 0 saturated carbocycles. The Morgan fingerprint density at radius 3 is 2.17 bits per heavy atom. The molecule has 3 rings (SSSR count). The predicted octanol–water partition coefficient (Wildman–Crippen LogP) is 5.37. The van der Waals surface area contributed by atoms with E-state index in [2.05, 4.69) is 0 Å². The number of non-ortho nitro benzene ring substituents is 1. The molecule has 0 N–H and O–H groups in total. The van der Waals surface area contributed by atoms with E-state index in [0.717, 1.165) is 15.4 Å². The molecule has 0 saturated heterocycles. The molecule has 0 spiro atoms. The Balaban J connectivity index is 1.89. The normalized spacial score (nSPS) is 13.5. The van der Waals surface area contributed by atoms with Gasteiger partial charge in [0.1, 0.15) is 0 Å². The second-order valence-corrected chi connectivity index (χ2v) is 9.18. The zero-order chi connectivity index (χ0) is 25.4. The number of nitro benzene ring substituents is 1. The SMILES string of the molecule is COC(=O)C(CCC(CN(c1ccc([N+](=O)[O-])cc1)S(=O)[O-])c1ccc(Cl)cc1)c1ccccc1. The van der Waals surface area contributed by atoms with E-state index < -0.39 is 22.1 Å². The van der Waals surface area contributed by atoms with Gasteiger partial charge >= 0.3 is 5.97 Å². The fourth-order valence-corrected chi connectivity index (χ4v) is 4.63. The van der Waals surface area contributed by atoms with E-state index in [0.29, 0.717) is 23.6 Å². The number of ether oxygens (including phenoxy) is 1. The third-order valence-electron chi connectivity index (χ3n) is 5.75. The van der Waals surface area contributed by atoms with E-state index in [1.165, 1.54) is 31.4 Å². The van der Waals surface area contributed by atoms with Crippen molar-refractivity contribution < 1.29 is 23.2 Å². The van der Waals surface area contributed by atoms with Crippen molar-refractivity contribution in [2.45, 2.75) is 24.7 Å². The topological polar surface area (TPSA) is 113 Å². The standard InChI is InChI=1S/C25H25ClN2O6S/c1-34-25(29)24(19-5-3-2-4-6-19)16-9-20(18-7-10-21(26)11-8-18)17-27(35(32)33)22-12-14-23(15-13-22)28(30)31/h2-8,10-15,20,24H,9,16-17H2,1H3,(H,32,33)/p-1.